The maximum absolute atomic E-state index is 12.8. The molecule has 0 saturated carbocycles. The number of carbonyl (C=O) groups excluding carboxylic acids is 4. The van der Waals surface area contributed by atoms with Crippen LogP contribution in [0.25, 0.3) is 10.7 Å². The van der Waals surface area contributed by atoms with Crippen molar-refractivity contribution >= 4 is 57.4 Å². The van der Waals surface area contributed by atoms with Crippen molar-refractivity contribution in [1.29, 1.82) is 0 Å². The van der Waals surface area contributed by atoms with Crippen LogP contribution in [0.5, 0.6) is 0 Å². The Morgan fingerprint density at radius 2 is 1.68 bits per heavy atom. The summed E-state index contributed by atoms with van der Waals surface area (Å²) >= 11 is 2.73. The summed E-state index contributed by atoms with van der Waals surface area (Å²) in [7, 11) is 0.341. The molecule has 44 heavy (non-hydrogen) atoms. The number of alkyl carbamates (subject to hydrolysis) is 1. The van der Waals surface area contributed by atoms with Crippen molar-refractivity contribution < 1.29 is 34.1 Å². The number of nitrogens with one attached hydrogen (secondary N) is 4. The summed E-state index contributed by atoms with van der Waals surface area (Å²) in [4.78, 5) is 58.7. The van der Waals surface area contributed by atoms with Gasteiger partial charge in [0.25, 0.3) is 5.91 Å². The first-order valence-electron chi connectivity index (χ1n) is 14.2. The van der Waals surface area contributed by atoms with Gasteiger partial charge in [-0.3, -0.25) is 14.4 Å². The third-order valence-electron chi connectivity index (χ3n) is 6.07. The molecule has 4 atom stereocenters. The molecule has 0 aromatic carbocycles. The van der Waals surface area contributed by atoms with Crippen LogP contribution in [0.3, 0.4) is 0 Å². The minimum atomic E-state index is -1.26. The van der Waals surface area contributed by atoms with Crippen molar-refractivity contribution in [2.24, 2.45) is 5.92 Å². The molecule has 2 heterocycles. The Morgan fingerprint density at radius 1 is 0.977 bits per heavy atom. The van der Waals surface area contributed by atoms with Gasteiger partial charge in [-0.25, -0.2) is 14.8 Å². The lowest BCUT2D eigenvalue weighted by molar-refractivity contribution is -0.135. The molecule has 0 aliphatic heterocycles. The highest BCUT2D eigenvalue weighted by Gasteiger charge is 2.30. The van der Waals surface area contributed by atoms with Crippen LogP contribution in [0.1, 0.15) is 56.5 Å². The topological polar surface area (TPSA) is 192 Å². The molecule has 16 heteroatoms. The standard InChI is InChI=1S/C28H44N6O7S3/c1-16(20(36)13-31-27(40)41-28(3,4)5)23(37)34-22(17(2)35)25(39)30-11-9-21-32-19(15-42-21)26-33-18(14-43-26)24(38)29-10-8-12-44(6)7/h14-17,20,22,35-36H,8-13H2,1-7H3,(H3-,29,30,31,34,37,38,39,40)/p+1/t16-,17+,20+,22-/m0/s1. The summed E-state index contributed by atoms with van der Waals surface area (Å²) in [6.45, 7) is 8.49. The van der Waals surface area contributed by atoms with E-state index in [0.29, 0.717) is 40.3 Å². The highest BCUT2D eigenvalue weighted by atomic mass is 32.2. The second-order valence-electron chi connectivity index (χ2n) is 11.5. The van der Waals surface area contributed by atoms with Crippen LogP contribution in [0.2, 0.25) is 0 Å². The van der Waals surface area contributed by atoms with Crippen molar-refractivity contribution in [3.8, 4) is 10.7 Å². The number of rotatable bonds is 16. The number of carbonyl (C=O) groups is 4. The highest BCUT2D eigenvalue weighted by molar-refractivity contribution is 7.95. The van der Waals surface area contributed by atoms with Crippen LogP contribution in [-0.4, -0.2) is 106 Å². The molecule has 0 saturated heterocycles. The van der Waals surface area contributed by atoms with E-state index in [1.807, 2.05) is 5.38 Å². The van der Waals surface area contributed by atoms with Gasteiger partial charge in [0.05, 0.1) is 35.6 Å². The van der Waals surface area contributed by atoms with E-state index < -0.39 is 47.7 Å². The van der Waals surface area contributed by atoms with Gasteiger partial charge in [0.2, 0.25) is 11.8 Å². The molecule has 0 fully saturated rings. The van der Waals surface area contributed by atoms with E-state index in [9.17, 15) is 29.4 Å². The number of hydrogen-bond acceptors (Lipinski definition) is 11. The van der Waals surface area contributed by atoms with Gasteiger partial charge in [-0.15, -0.1) is 22.7 Å². The van der Waals surface area contributed by atoms with Crippen molar-refractivity contribution in [2.45, 2.75) is 71.3 Å². The number of hydrogen-bond donors (Lipinski definition) is 6. The van der Waals surface area contributed by atoms with E-state index >= 15 is 0 Å². The van der Waals surface area contributed by atoms with E-state index in [-0.39, 0.29) is 19.0 Å². The number of nitrogens with zero attached hydrogens (tertiary/aromatic N) is 2. The predicted molar refractivity (Wildman–Crippen MR) is 174 cm³/mol. The molecule has 246 valence electrons. The van der Waals surface area contributed by atoms with Crippen molar-refractivity contribution in [3.05, 3.63) is 21.5 Å². The second-order valence-corrected chi connectivity index (χ2v) is 15.7. The second kappa shape index (κ2) is 17.6. The van der Waals surface area contributed by atoms with E-state index in [1.54, 1.807) is 26.2 Å². The quantitative estimate of drug-likeness (QED) is 0.113. The Kier molecular flexibility index (Phi) is 15.0. The molecule has 4 amide bonds. The van der Waals surface area contributed by atoms with Crippen LogP contribution < -0.4 is 21.3 Å². The minimum Gasteiger partial charge on any atom is -0.444 e. The average Bonchev–Trinajstić information content (AvgIpc) is 3.61. The predicted octanol–water partition coefficient (Wildman–Crippen LogP) is 1.31. The van der Waals surface area contributed by atoms with Crippen LogP contribution >= 0.6 is 22.7 Å². The zero-order valence-corrected chi connectivity index (χ0v) is 28.7. The SMILES string of the molecule is C[C@H](C(=O)N[C@H](C(=O)NCCc1nc(-c2nc(C(=O)NCCC[S+](C)C)cs2)cs1)[C@@H](C)O)[C@H](O)CNC(=O)OC(C)(C)C. The van der Waals surface area contributed by atoms with Gasteiger partial charge >= 0.3 is 6.09 Å². The lowest BCUT2D eigenvalue weighted by Gasteiger charge is -2.25. The lowest BCUT2D eigenvalue weighted by Crippen LogP contribution is -2.55. The number of aliphatic hydroxyl groups excluding tert-OH is 2. The first kappa shape index (κ1) is 37.4. The fraction of sp³-hybridized carbons (Fsp3) is 0.643. The summed E-state index contributed by atoms with van der Waals surface area (Å²) in [5.41, 5.74) is 0.282. The molecule has 13 nitrogen and oxygen atoms in total. The number of aromatic nitrogens is 2. The fourth-order valence-electron chi connectivity index (χ4n) is 3.62. The van der Waals surface area contributed by atoms with Crippen LogP contribution in [0.4, 0.5) is 4.79 Å². The molecule has 2 aromatic heterocycles. The van der Waals surface area contributed by atoms with Gasteiger partial charge in [0.1, 0.15) is 33.8 Å². The van der Waals surface area contributed by atoms with Crippen molar-refractivity contribution in [1.82, 2.24) is 31.2 Å². The Bertz CT molecular complexity index is 1240. The summed E-state index contributed by atoms with van der Waals surface area (Å²) in [5.74, 6) is -1.39. The van der Waals surface area contributed by atoms with Gasteiger partial charge in [0.15, 0.2) is 0 Å². The Labute approximate surface area is 269 Å². The van der Waals surface area contributed by atoms with Crippen LogP contribution in [0, 0.1) is 5.92 Å². The number of aliphatic hydroxyl groups is 2. The van der Waals surface area contributed by atoms with Gasteiger partial charge in [-0.2, -0.15) is 0 Å². The number of amides is 4. The smallest absolute Gasteiger partial charge is 0.407 e. The Morgan fingerprint density at radius 3 is 2.32 bits per heavy atom. The molecule has 6 N–H and O–H groups in total. The summed E-state index contributed by atoms with van der Waals surface area (Å²) in [6.07, 6.45) is 2.47. The Balaban J connectivity index is 1.83. The molecule has 2 rings (SSSR count). The molecule has 0 aliphatic rings. The highest BCUT2D eigenvalue weighted by Crippen LogP contribution is 2.25. The van der Waals surface area contributed by atoms with Gasteiger partial charge in [-0.05, 0) is 38.6 Å². The molecular weight excluding hydrogens is 629 g/mol. The first-order valence-corrected chi connectivity index (χ1v) is 18.2. The monoisotopic (exact) mass is 673 g/mol. The zero-order valence-electron chi connectivity index (χ0n) is 26.3. The molecule has 0 aliphatic carbocycles. The Hall–Kier alpha value is -2.79. The third kappa shape index (κ3) is 13.1. The summed E-state index contributed by atoms with van der Waals surface area (Å²) in [6, 6.07) is -1.26. The summed E-state index contributed by atoms with van der Waals surface area (Å²) < 4.78 is 5.11. The van der Waals surface area contributed by atoms with E-state index in [1.165, 1.54) is 36.5 Å². The lowest BCUT2D eigenvalue weighted by atomic mass is 10.0. The van der Waals surface area contributed by atoms with Crippen LogP contribution in [0.15, 0.2) is 10.8 Å². The van der Waals surface area contributed by atoms with Gasteiger partial charge in [-0.1, -0.05) is 6.92 Å². The van der Waals surface area contributed by atoms with E-state index in [0.717, 1.165) is 17.2 Å². The fourth-order valence-corrected chi connectivity index (χ4v) is 5.96. The van der Waals surface area contributed by atoms with Gasteiger partial charge < -0.3 is 36.2 Å². The molecule has 2 aromatic rings. The average molecular weight is 674 g/mol. The van der Waals surface area contributed by atoms with Gasteiger partial charge in [0, 0.05) is 43.2 Å². The minimum absolute atomic E-state index is 0.200. The third-order valence-corrected chi connectivity index (χ3v) is 8.95. The molecule has 0 radical (unpaired) electrons. The maximum Gasteiger partial charge on any atom is 0.407 e. The summed E-state index contributed by atoms with van der Waals surface area (Å²) in [5, 5.41) is 35.9. The normalized spacial score (nSPS) is 14.3. The zero-order chi connectivity index (χ0) is 33.0. The molecule has 0 unspecified atom stereocenters. The number of ether oxygens (including phenoxy) is 1. The van der Waals surface area contributed by atoms with E-state index in [2.05, 4.69) is 43.7 Å². The molecule has 0 spiro atoms. The first-order chi connectivity index (χ1) is 20.6. The van der Waals surface area contributed by atoms with Crippen molar-refractivity contribution in [3.63, 3.8) is 0 Å². The van der Waals surface area contributed by atoms with Crippen molar-refractivity contribution in [2.75, 3.05) is 37.9 Å². The largest absolute Gasteiger partial charge is 0.444 e. The van der Waals surface area contributed by atoms with E-state index in [4.69, 9.17) is 4.74 Å². The molecular formula is C28H45N6O7S3+. The number of thiazole rings is 2. The van der Waals surface area contributed by atoms with Crippen LogP contribution in [-0.2, 0) is 31.6 Å². The molecule has 0 bridgehead atoms. The maximum atomic E-state index is 12.8.